The molecule has 3 rings (SSSR count). The number of benzene rings is 1. The Kier molecular flexibility index (Phi) is 3.04. The van der Waals surface area contributed by atoms with Crippen molar-refractivity contribution in [2.45, 2.75) is 38.9 Å². The molecular formula is C16H20BNO3. The highest BCUT2D eigenvalue weighted by atomic mass is 16.7. The lowest BCUT2D eigenvalue weighted by molar-refractivity contribution is 0.00578. The molecule has 21 heavy (non-hydrogen) atoms. The summed E-state index contributed by atoms with van der Waals surface area (Å²) >= 11 is 0. The largest absolute Gasteiger partial charge is 0.496 e. The number of aromatic nitrogens is 1. The van der Waals surface area contributed by atoms with Crippen LogP contribution in [0.1, 0.15) is 27.7 Å². The fourth-order valence-electron chi connectivity index (χ4n) is 2.61. The van der Waals surface area contributed by atoms with E-state index < -0.39 is 18.3 Å². The summed E-state index contributed by atoms with van der Waals surface area (Å²) in [4.78, 5) is 12.2. The number of nitrogens with zero attached hydrogens (tertiary/aromatic N) is 1. The molecule has 1 aliphatic heterocycles. The second-order valence-electron chi connectivity index (χ2n) is 6.63. The van der Waals surface area contributed by atoms with Crippen molar-refractivity contribution >= 4 is 23.4 Å². The Balaban J connectivity index is 2.19. The second-order valence-corrected chi connectivity index (χ2v) is 6.63. The van der Waals surface area contributed by atoms with Gasteiger partial charge in [0, 0.05) is 24.1 Å². The maximum atomic E-state index is 12.2. The molecule has 5 heteroatoms. The summed E-state index contributed by atoms with van der Waals surface area (Å²) in [6.07, 6.45) is 1.81. The van der Waals surface area contributed by atoms with E-state index in [0.717, 1.165) is 10.8 Å². The van der Waals surface area contributed by atoms with Gasteiger partial charge in [-0.2, -0.15) is 0 Å². The summed E-state index contributed by atoms with van der Waals surface area (Å²) in [5.74, 6) is 0. The van der Waals surface area contributed by atoms with E-state index in [9.17, 15) is 4.79 Å². The summed E-state index contributed by atoms with van der Waals surface area (Å²) in [6, 6.07) is 7.58. The van der Waals surface area contributed by atoms with Gasteiger partial charge in [-0.3, -0.25) is 4.79 Å². The molecule has 0 aliphatic carbocycles. The van der Waals surface area contributed by atoms with Crippen LogP contribution in [0, 0.1) is 0 Å². The molecule has 0 spiro atoms. The Morgan fingerprint density at radius 3 is 2.10 bits per heavy atom. The van der Waals surface area contributed by atoms with Crippen molar-refractivity contribution in [2.24, 2.45) is 7.05 Å². The van der Waals surface area contributed by atoms with Gasteiger partial charge in [0.25, 0.3) is 5.56 Å². The number of hydrogen-bond donors (Lipinski definition) is 0. The summed E-state index contributed by atoms with van der Waals surface area (Å²) < 4.78 is 13.8. The average Bonchev–Trinajstić information content (AvgIpc) is 2.63. The van der Waals surface area contributed by atoms with E-state index in [4.69, 9.17) is 9.31 Å². The summed E-state index contributed by atoms with van der Waals surface area (Å²) in [6.45, 7) is 8.10. The molecule has 0 atom stereocenters. The minimum atomic E-state index is -0.466. The molecule has 2 aromatic rings. The molecule has 0 saturated carbocycles. The third-order valence-corrected chi connectivity index (χ3v) is 4.63. The van der Waals surface area contributed by atoms with Crippen molar-refractivity contribution in [1.29, 1.82) is 0 Å². The van der Waals surface area contributed by atoms with Crippen molar-refractivity contribution in [1.82, 2.24) is 4.57 Å². The van der Waals surface area contributed by atoms with Crippen LogP contribution < -0.4 is 11.0 Å². The van der Waals surface area contributed by atoms with E-state index in [0.29, 0.717) is 5.39 Å². The number of rotatable bonds is 1. The zero-order valence-corrected chi connectivity index (χ0v) is 13.1. The van der Waals surface area contributed by atoms with Crippen LogP contribution in [0.25, 0.3) is 10.8 Å². The molecular weight excluding hydrogens is 265 g/mol. The van der Waals surface area contributed by atoms with Crippen LogP contribution in [0.15, 0.2) is 35.3 Å². The first-order chi connectivity index (χ1) is 9.73. The van der Waals surface area contributed by atoms with Crippen LogP contribution in [-0.2, 0) is 16.4 Å². The van der Waals surface area contributed by atoms with Gasteiger partial charge in [-0.15, -0.1) is 0 Å². The highest BCUT2D eigenvalue weighted by Crippen LogP contribution is 2.36. The highest BCUT2D eigenvalue weighted by Gasteiger charge is 2.52. The van der Waals surface area contributed by atoms with E-state index in [2.05, 4.69) is 0 Å². The van der Waals surface area contributed by atoms with Gasteiger partial charge < -0.3 is 13.9 Å². The van der Waals surface area contributed by atoms with Gasteiger partial charge in [-0.05, 0) is 39.1 Å². The van der Waals surface area contributed by atoms with Crippen LogP contribution in [0.3, 0.4) is 0 Å². The maximum absolute atomic E-state index is 12.2. The predicted molar refractivity (Wildman–Crippen MR) is 84.9 cm³/mol. The molecule has 0 N–H and O–H groups in total. The van der Waals surface area contributed by atoms with Gasteiger partial charge >= 0.3 is 7.12 Å². The molecule has 0 unspecified atom stereocenters. The molecule has 110 valence electrons. The van der Waals surface area contributed by atoms with Gasteiger partial charge in [-0.1, -0.05) is 18.2 Å². The fourth-order valence-corrected chi connectivity index (χ4v) is 2.61. The van der Waals surface area contributed by atoms with Crippen molar-refractivity contribution < 1.29 is 9.31 Å². The lowest BCUT2D eigenvalue weighted by Crippen LogP contribution is -2.41. The van der Waals surface area contributed by atoms with Gasteiger partial charge in [0.05, 0.1) is 11.2 Å². The Morgan fingerprint density at radius 2 is 1.52 bits per heavy atom. The van der Waals surface area contributed by atoms with Crippen molar-refractivity contribution in [3.63, 3.8) is 0 Å². The summed E-state index contributed by atoms with van der Waals surface area (Å²) in [5, 5.41) is 1.58. The highest BCUT2D eigenvalue weighted by molar-refractivity contribution is 6.65. The number of pyridine rings is 1. The Hall–Kier alpha value is -1.59. The van der Waals surface area contributed by atoms with E-state index in [1.807, 2.05) is 58.2 Å². The fraction of sp³-hybridized carbons (Fsp3) is 0.438. The summed E-state index contributed by atoms with van der Waals surface area (Å²) in [5.41, 5.74) is 0.0956. The first kappa shape index (κ1) is 14.4. The smallest absolute Gasteiger partial charge is 0.399 e. The van der Waals surface area contributed by atoms with Gasteiger partial charge in [0.15, 0.2) is 0 Å². The molecule has 2 heterocycles. The topological polar surface area (TPSA) is 40.5 Å². The van der Waals surface area contributed by atoms with Gasteiger partial charge in [0.2, 0.25) is 0 Å². The standard InChI is InChI=1S/C16H20BNO3/c1-15(2)16(3,4)21-17(20-15)13-10-18(5)14(19)12-9-7-6-8-11(12)13/h6-10H,1-5H3. The first-order valence-electron chi connectivity index (χ1n) is 7.17. The SMILES string of the molecule is Cn1cc(B2OC(C)(C)C(C)(C)O2)c2ccccc2c1=O. The van der Waals surface area contributed by atoms with Crippen molar-refractivity contribution in [3.8, 4) is 0 Å². The minimum absolute atomic E-state index is 0.00846. The molecule has 1 fully saturated rings. The normalized spacial score (nSPS) is 20.1. The van der Waals surface area contributed by atoms with Crippen LogP contribution in [0.2, 0.25) is 0 Å². The van der Waals surface area contributed by atoms with E-state index in [1.165, 1.54) is 0 Å². The molecule has 1 aromatic carbocycles. The lowest BCUT2D eigenvalue weighted by atomic mass is 9.77. The minimum Gasteiger partial charge on any atom is -0.399 e. The second kappa shape index (κ2) is 4.45. The molecule has 0 radical (unpaired) electrons. The third kappa shape index (κ3) is 2.12. The van der Waals surface area contributed by atoms with Crippen LogP contribution >= 0.6 is 0 Å². The predicted octanol–water partition coefficient (Wildman–Crippen LogP) is 1.84. The molecule has 0 bridgehead atoms. The van der Waals surface area contributed by atoms with E-state index in [1.54, 1.807) is 11.6 Å². The Morgan fingerprint density at radius 1 is 1.00 bits per heavy atom. The Bertz CT molecular complexity index is 748. The number of fused-ring (bicyclic) bond motifs is 1. The van der Waals surface area contributed by atoms with Gasteiger partial charge in [0.1, 0.15) is 0 Å². The van der Waals surface area contributed by atoms with Crippen molar-refractivity contribution in [2.75, 3.05) is 0 Å². The number of hydrogen-bond acceptors (Lipinski definition) is 3. The van der Waals surface area contributed by atoms with Gasteiger partial charge in [-0.25, -0.2) is 0 Å². The van der Waals surface area contributed by atoms with Crippen LogP contribution in [0.5, 0.6) is 0 Å². The maximum Gasteiger partial charge on any atom is 0.496 e. The lowest BCUT2D eigenvalue weighted by Gasteiger charge is -2.32. The molecule has 1 aliphatic rings. The van der Waals surface area contributed by atoms with Crippen LogP contribution in [0.4, 0.5) is 0 Å². The first-order valence-corrected chi connectivity index (χ1v) is 7.17. The van der Waals surface area contributed by atoms with E-state index >= 15 is 0 Å². The van der Waals surface area contributed by atoms with Crippen molar-refractivity contribution in [3.05, 3.63) is 40.8 Å². The van der Waals surface area contributed by atoms with Crippen LogP contribution in [-0.4, -0.2) is 22.9 Å². The summed E-state index contributed by atoms with van der Waals surface area (Å²) in [7, 11) is 1.29. The molecule has 0 amide bonds. The molecule has 4 nitrogen and oxygen atoms in total. The number of aryl methyl sites for hydroxylation is 1. The quantitative estimate of drug-likeness (QED) is 0.751. The molecule has 1 aromatic heterocycles. The molecule has 1 saturated heterocycles. The monoisotopic (exact) mass is 285 g/mol. The Labute approximate surface area is 124 Å². The third-order valence-electron chi connectivity index (χ3n) is 4.63. The zero-order valence-electron chi connectivity index (χ0n) is 13.1. The average molecular weight is 285 g/mol. The zero-order chi connectivity index (χ0) is 15.4. The van der Waals surface area contributed by atoms with E-state index in [-0.39, 0.29) is 5.56 Å².